The lowest BCUT2D eigenvalue weighted by molar-refractivity contribution is -0.122. The number of para-hydroxylation sites is 2. The Kier molecular flexibility index (Phi) is 5.94. The summed E-state index contributed by atoms with van der Waals surface area (Å²) in [6.45, 7) is 6.82. The summed E-state index contributed by atoms with van der Waals surface area (Å²) in [5.41, 5.74) is 4.07. The minimum absolute atomic E-state index is 0.0229. The normalized spacial score (nSPS) is 17.8. The molecule has 1 N–H and O–H groups in total. The first-order valence-corrected chi connectivity index (χ1v) is 9.83. The van der Waals surface area contributed by atoms with Gasteiger partial charge in [-0.15, -0.1) is 0 Å². The molecular weight excluding hydrogens is 336 g/mol. The second-order valence-electron chi connectivity index (χ2n) is 7.27. The number of hydrogen-bond donors (Lipinski definition) is 1. The van der Waals surface area contributed by atoms with Crippen LogP contribution >= 0.6 is 0 Å². The monoisotopic (exact) mass is 364 g/mol. The van der Waals surface area contributed by atoms with Crippen LogP contribution in [0.15, 0.2) is 48.5 Å². The smallest absolute Gasteiger partial charge is 0.229 e. The molecule has 4 heteroatoms. The molecule has 2 atom stereocenters. The Morgan fingerprint density at radius 3 is 2.59 bits per heavy atom. The van der Waals surface area contributed by atoms with Gasteiger partial charge in [-0.2, -0.15) is 0 Å². The van der Waals surface area contributed by atoms with Gasteiger partial charge in [-0.1, -0.05) is 57.2 Å². The maximum atomic E-state index is 12.8. The van der Waals surface area contributed by atoms with Crippen molar-refractivity contribution >= 4 is 23.2 Å². The summed E-state index contributed by atoms with van der Waals surface area (Å²) < 4.78 is 0. The van der Waals surface area contributed by atoms with Gasteiger partial charge >= 0.3 is 0 Å². The first-order valence-electron chi connectivity index (χ1n) is 9.83. The molecule has 27 heavy (non-hydrogen) atoms. The van der Waals surface area contributed by atoms with E-state index in [9.17, 15) is 9.59 Å². The van der Waals surface area contributed by atoms with Crippen molar-refractivity contribution < 1.29 is 9.59 Å². The third-order valence-electron chi connectivity index (χ3n) is 5.52. The molecule has 2 amide bonds. The molecule has 2 aromatic carbocycles. The molecular formula is C23H28N2O2. The molecule has 4 nitrogen and oxygen atoms in total. The van der Waals surface area contributed by atoms with Crippen LogP contribution in [0.3, 0.4) is 0 Å². The van der Waals surface area contributed by atoms with Crippen LogP contribution in [-0.4, -0.2) is 18.4 Å². The zero-order valence-corrected chi connectivity index (χ0v) is 16.4. The Morgan fingerprint density at radius 2 is 1.85 bits per heavy atom. The molecule has 0 spiro atoms. The van der Waals surface area contributed by atoms with Crippen LogP contribution in [0.1, 0.15) is 50.7 Å². The van der Waals surface area contributed by atoms with Crippen molar-refractivity contribution in [2.24, 2.45) is 5.92 Å². The van der Waals surface area contributed by atoms with Gasteiger partial charge in [-0.05, 0) is 42.0 Å². The van der Waals surface area contributed by atoms with Gasteiger partial charge in [0.2, 0.25) is 11.8 Å². The minimum atomic E-state index is -0.326. The maximum Gasteiger partial charge on any atom is 0.229 e. The van der Waals surface area contributed by atoms with Gasteiger partial charge in [0.1, 0.15) is 0 Å². The van der Waals surface area contributed by atoms with Crippen LogP contribution in [0.25, 0.3) is 0 Å². The molecule has 3 rings (SSSR count). The molecule has 1 fully saturated rings. The second kappa shape index (κ2) is 8.38. The van der Waals surface area contributed by atoms with Gasteiger partial charge in [0.05, 0.1) is 5.92 Å². The van der Waals surface area contributed by atoms with E-state index in [0.29, 0.717) is 12.5 Å². The molecule has 1 saturated heterocycles. The van der Waals surface area contributed by atoms with E-state index in [-0.39, 0.29) is 24.2 Å². The van der Waals surface area contributed by atoms with Crippen molar-refractivity contribution in [2.75, 3.05) is 16.8 Å². The fourth-order valence-electron chi connectivity index (χ4n) is 3.67. The minimum Gasteiger partial charge on any atom is -0.326 e. The van der Waals surface area contributed by atoms with Crippen molar-refractivity contribution in [2.45, 2.75) is 46.0 Å². The summed E-state index contributed by atoms with van der Waals surface area (Å²) in [7, 11) is 0. The number of rotatable bonds is 6. The zero-order valence-electron chi connectivity index (χ0n) is 16.4. The molecule has 1 aliphatic heterocycles. The summed E-state index contributed by atoms with van der Waals surface area (Å²) >= 11 is 0. The number of aryl methyl sites for hydroxylation is 1. The van der Waals surface area contributed by atoms with Gasteiger partial charge in [-0.25, -0.2) is 0 Å². The van der Waals surface area contributed by atoms with E-state index in [1.165, 1.54) is 5.56 Å². The predicted molar refractivity (Wildman–Crippen MR) is 110 cm³/mol. The second-order valence-corrected chi connectivity index (χ2v) is 7.27. The number of hydrogen-bond acceptors (Lipinski definition) is 2. The lowest BCUT2D eigenvalue weighted by Crippen LogP contribution is -2.29. The number of anilines is 2. The lowest BCUT2D eigenvalue weighted by atomic mass is 9.96. The highest BCUT2D eigenvalue weighted by atomic mass is 16.2. The molecule has 0 unspecified atom stereocenters. The lowest BCUT2D eigenvalue weighted by Gasteiger charge is -2.23. The molecule has 0 bridgehead atoms. The van der Waals surface area contributed by atoms with Crippen molar-refractivity contribution in [1.29, 1.82) is 0 Å². The first-order chi connectivity index (χ1) is 13.0. The Hall–Kier alpha value is -2.62. The zero-order chi connectivity index (χ0) is 19.4. The molecule has 1 heterocycles. The molecule has 0 saturated carbocycles. The van der Waals surface area contributed by atoms with Crippen LogP contribution in [-0.2, 0) is 16.0 Å². The number of amides is 2. The van der Waals surface area contributed by atoms with Crippen LogP contribution in [0.2, 0.25) is 0 Å². The van der Waals surface area contributed by atoms with Crippen molar-refractivity contribution in [1.82, 2.24) is 0 Å². The number of carbonyl (C=O) groups excluding carboxylic acids is 2. The first kappa shape index (κ1) is 19.2. The Morgan fingerprint density at radius 1 is 1.15 bits per heavy atom. The third-order valence-corrected chi connectivity index (χ3v) is 5.52. The predicted octanol–water partition coefficient (Wildman–Crippen LogP) is 4.75. The summed E-state index contributed by atoms with van der Waals surface area (Å²) in [6, 6.07) is 15.9. The van der Waals surface area contributed by atoms with Crippen molar-refractivity contribution in [3.63, 3.8) is 0 Å². The van der Waals surface area contributed by atoms with Crippen LogP contribution in [0.5, 0.6) is 0 Å². The average molecular weight is 364 g/mol. The number of nitrogens with zero attached hydrogens (tertiary/aromatic N) is 1. The van der Waals surface area contributed by atoms with Gasteiger partial charge < -0.3 is 10.2 Å². The fraction of sp³-hybridized carbons (Fsp3) is 0.391. The van der Waals surface area contributed by atoms with E-state index in [1.54, 1.807) is 4.90 Å². The van der Waals surface area contributed by atoms with E-state index in [2.05, 4.69) is 32.2 Å². The van der Waals surface area contributed by atoms with Gasteiger partial charge in [0.15, 0.2) is 0 Å². The van der Waals surface area contributed by atoms with E-state index < -0.39 is 0 Å². The average Bonchev–Trinajstić information content (AvgIpc) is 3.09. The van der Waals surface area contributed by atoms with Crippen LogP contribution in [0, 0.1) is 5.92 Å². The van der Waals surface area contributed by atoms with E-state index >= 15 is 0 Å². The highest BCUT2D eigenvalue weighted by Crippen LogP contribution is 2.33. The number of nitrogens with one attached hydrogen (secondary N) is 1. The van der Waals surface area contributed by atoms with Crippen molar-refractivity contribution in [3.05, 3.63) is 59.7 Å². The third kappa shape index (κ3) is 4.05. The highest BCUT2D eigenvalue weighted by Gasteiger charge is 2.36. The van der Waals surface area contributed by atoms with E-state index in [0.717, 1.165) is 29.8 Å². The van der Waals surface area contributed by atoms with Crippen molar-refractivity contribution in [3.8, 4) is 0 Å². The van der Waals surface area contributed by atoms with E-state index in [1.807, 2.05) is 42.5 Å². The van der Waals surface area contributed by atoms with Gasteiger partial charge in [0.25, 0.3) is 0 Å². The quantitative estimate of drug-likeness (QED) is 0.804. The number of carbonyl (C=O) groups is 2. The molecule has 1 aliphatic rings. The number of benzene rings is 2. The van der Waals surface area contributed by atoms with E-state index in [4.69, 9.17) is 0 Å². The molecule has 2 aromatic rings. The van der Waals surface area contributed by atoms with Gasteiger partial charge in [-0.3, -0.25) is 9.59 Å². The molecule has 0 radical (unpaired) electrons. The summed E-state index contributed by atoms with van der Waals surface area (Å²) in [5, 5.41) is 3.03. The summed E-state index contributed by atoms with van der Waals surface area (Å²) in [4.78, 5) is 27.3. The van der Waals surface area contributed by atoms with Gasteiger partial charge in [0, 0.05) is 24.3 Å². The fourth-order valence-corrected chi connectivity index (χ4v) is 3.67. The largest absolute Gasteiger partial charge is 0.326 e. The summed E-state index contributed by atoms with van der Waals surface area (Å²) in [6.07, 6.45) is 2.13. The van der Waals surface area contributed by atoms with Crippen LogP contribution < -0.4 is 10.2 Å². The summed E-state index contributed by atoms with van der Waals surface area (Å²) in [5.74, 6) is -0.00633. The Bertz CT molecular complexity index is 831. The molecule has 0 aliphatic carbocycles. The highest BCUT2D eigenvalue weighted by molar-refractivity contribution is 6.04. The standard InChI is InChI=1S/C23H28N2O2/c1-4-16(3)19-11-7-9-13-21(19)25-15-18(14-22(25)26)23(27)24-20-12-8-6-10-17(20)5-2/h6-13,16,18H,4-5,14-15H2,1-3H3,(H,24,27)/t16-,18+/m0/s1. The Balaban J connectivity index is 1.77. The molecule has 0 aromatic heterocycles. The molecule has 142 valence electrons. The maximum absolute atomic E-state index is 12.8. The Labute approximate surface area is 161 Å². The van der Waals surface area contributed by atoms with Crippen LogP contribution in [0.4, 0.5) is 11.4 Å². The SMILES string of the molecule is CCc1ccccc1NC(=O)[C@@H]1CC(=O)N(c2ccccc2[C@@H](C)CC)C1. The topological polar surface area (TPSA) is 49.4 Å².